The molecule has 1 aromatic rings. The van der Waals surface area contributed by atoms with Gasteiger partial charge in [0.05, 0.1) is 11.6 Å². The van der Waals surface area contributed by atoms with Crippen LogP contribution in [0.3, 0.4) is 0 Å². The Morgan fingerprint density at radius 1 is 1.38 bits per heavy atom. The third-order valence-corrected chi connectivity index (χ3v) is 3.23. The maximum atomic E-state index is 13.6. The molecule has 2 N–H and O–H groups in total. The fraction of sp³-hybridized carbons (Fsp3) is 0.467. The minimum Gasteiger partial charge on any atom is -0.478 e. The predicted molar refractivity (Wildman–Crippen MR) is 73.8 cm³/mol. The molecule has 1 amide bonds. The van der Waals surface area contributed by atoms with Gasteiger partial charge in [0.2, 0.25) is 0 Å². The number of fused-ring (bicyclic) bond motifs is 1. The fourth-order valence-corrected chi connectivity index (χ4v) is 2.48. The first-order valence-electron chi connectivity index (χ1n) is 6.72. The fourth-order valence-electron chi connectivity index (χ4n) is 2.48. The second kappa shape index (κ2) is 5.35. The zero-order valence-electron chi connectivity index (χ0n) is 12.2. The molecule has 0 spiro atoms. The van der Waals surface area contributed by atoms with Crippen LogP contribution in [0.25, 0.3) is 0 Å². The SMILES string of the molecule is CC(C)(C)OC(=O)NC1CCc2c(C(=O)O)cc(F)cc21. The number of amides is 1. The summed E-state index contributed by atoms with van der Waals surface area (Å²) in [4.78, 5) is 22.9. The minimum absolute atomic E-state index is 0.0431. The highest BCUT2D eigenvalue weighted by Crippen LogP contribution is 2.34. The lowest BCUT2D eigenvalue weighted by Gasteiger charge is -2.22. The average Bonchev–Trinajstić information content (AvgIpc) is 2.68. The van der Waals surface area contributed by atoms with Crippen molar-refractivity contribution in [1.29, 1.82) is 0 Å². The van der Waals surface area contributed by atoms with Crippen LogP contribution in [0.5, 0.6) is 0 Å². The standard InChI is InChI=1S/C15H18FNO4/c1-15(2,3)21-14(20)17-12-5-4-9-10(12)6-8(16)7-11(9)13(18)19/h6-7,12H,4-5H2,1-3H3,(H,17,20)(H,18,19). The number of carbonyl (C=O) groups is 2. The third kappa shape index (κ3) is 3.51. The molecule has 1 atom stereocenters. The number of hydrogen-bond donors (Lipinski definition) is 2. The highest BCUT2D eigenvalue weighted by atomic mass is 19.1. The number of carbonyl (C=O) groups excluding carboxylic acids is 1. The lowest BCUT2D eigenvalue weighted by Crippen LogP contribution is -2.34. The molecule has 0 aromatic heterocycles. The van der Waals surface area contributed by atoms with Gasteiger partial charge in [-0.1, -0.05) is 0 Å². The molecule has 0 radical (unpaired) electrons. The highest BCUT2D eigenvalue weighted by Gasteiger charge is 2.30. The van der Waals surface area contributed by atoms with Crippen molar-refractivity contribution in [3.63, 3.8) is 0 Å². The average molecular weight is 295 g/mol. The lowest BCUT2D eigenvalue weighted by atomic mass is 10.0. The van der Waals surface area contributed by atoms with E-state index in [4.69, 9.17) is 9.84 Å². The molecule has 2 rings (SSSR count). The molecule has 21 heavy (non-hydrogen) atoms. The summed E-state index contributed by atoms with van der Waals surface area (Å²) >= 11 is 0. The second-order valence-electron chi connectivity index (χ2n) is 6.06. The van der Waals surface area contributed by atoms with Gasteiger partial charge < -0.3 is 15.2 Å². The van der Waals surface area contributed by atoms with Crippen molar-refractivity contribution in [2.24, 2.45) is 0 Å². The first-order valence-corrected chi connectivity index (χ1v) is 6.72. The molecule has 1 aliphatic rings. The topological polar surface area (TPSA) is 75.6 Å². The lowest BCUT2D eigenvalue weighted by molar-refractivity contribution is 0.0503. The Bertz CT molecular complexity index is 592. The van der Waals surface area contributed by atoms with Crippen molar-refractivity contribution in [1.82, 2.24) is 5.32 Å². The van der Waals surface area contributed by atoms with Crippen LogP contribution < -0.4 is 5.32 Å². The van der Waals surface area contributed by atoms with Crippen molar-refractivity contribution >= 4 is 12.1 Å². The minimum atomic E-state index is -1.16. The first kappa shape index (κ1) is 15.3. The van der Waals surface area contributed by atoms with Gasteiger partial charge >= 0.3 is 12.1 Å². The maximum absolute atomic E-state index is 13.6. The zero-order chi connectivity index (χ0) is 15.8. The van der Waals surface area contributed by atoms with Gasteiger partial charge in [-0.05, 0) is 56.9 Å². The van der Waals surface area contributed by atoms with Crippen LogP contribution in [-0.4, -0.2) is 22.8 Å². The number of nitrogens with one attached hydrogen (secondary N) is 1. The summed E-state index contributed by atoms with van der Waals surface area (Å²) in [5.74, 6) is -1.78. The van der Waals surface area contributed by atoms with Crippen molar-refractivity contribution in [3.05, 3.63) is 34.6 Å². The van der Waals surface area contributed by atoms with E-state index >= 15 is 0 Å². The molecule has 0 saturated heterocycles. The zero-order valence-corrected chi connectivity index (χ0v) is 12.2. The van der Waals surface area contributed by atoms with Gasteiger partial charge in [0.1, 0.15) is 11.4 Å². The predicted octanol–water partition coefficient (Wildman–Crippen LogP) is 3.04. The summed E-state index contributed by atoms with van der Waals surface area (Å²) in [5.41, 5.74) is 0.418. The van der Waals surface area contributed by atoms with Gasteiger partial charge in [-0.25, -0.2) is 14.0 Å². The largest absolute Gasteiger partial charge is 0.478 e. The Morgan fingerprint density at radius 3 is 2.62 bits per heavy atom. The van der Waals surface area contributed by atoms with E-state index in [1.165, 1.54) is 6.07 Å². The number of carboxylic acids is 1. The molecule has 1 aliphatic carbocycles. The van der Waals surface area contributed by atoms with Crippen LogP contribution in [0.4, 0.5) is 9.18 Å². The van der Waals surface area contributed by atoms with E-state index in [0.29, 0.717) is 24.0 Å². The van der Waals surface area contributed by atoms with Crippen molar-refractivity contribution in [3.8, 4) is 0 Å². The van der Waals surface area contributed by atoms with Crippen LogP contribution in [0.1, 0.15) is 54.7 Å². The van der Waals surface area contributed by atoms with Gasteiger partial charge in [-0.3, -0.25) is 0 Å². The van der Waals surface area contributed by atoms with Gasteiger partial charge in [0.25, 0.3) is 0 Å². The number of aromatic carboxylic acids is 1. The van der Waals surface area contributed by atoms with Crippen LogP contribution in [0.2, 0.25) is 0 Å². The number of halogens is 1. The number of carboxylic acid groups (broad SMARTS) is 1. The Morgan fingerprint density at radius 2 is 2.05 bits per heavy atom. The number of benzene rings is 1. The van der Waals surface area contributed by atoms with E-state index in [1.807, 2.05) is 0 Å². The van der Waals surface area contributed by atoms with Crippen LogP contribution in [0.15, 0.2) is 12.1 Å². The summed E-state index contributed by atoms with van der Waals surface area (Å²) in [6, 6.07) is 1.86. The number of hydrogen-bond acceptors (Lipinski definition) is 3. The maximum Gasteiger partial charge on any atom is 0.408 e. The van der Waals surface area contributed by atoms with E-state index in [0.717, 1.165) is 6.07 Å². The first-order chi connectivity index (χ1) is 9.67. The second-order valence-corrected chi connectivity index (χ2v) is 6.06. The van der Waals surface area contributed by atoms with Crippen LogP contribution >= 0.6 is 0 Å². The summed E-state index contributed by atoms with van der Waals surface area (Å²) in [5, 5.41) is 11.8. The van der Waals surface area contributed by atoms with Crippen LogP contribution in [0, 0.1) is 5.82 Å². The van der Waals surface area contributed by atoms with E-state index in [2.05, 4.69) is 5.32 Å². The summed E-state index contributed by atoms with van der Waals surface area (Å²) in [6.45, 7) is 5.24. The molecule has 0 bridgehead atoms. The highest BCUT2D eigenvalue weighted by molar-refractivity contribution is 5.90. The number of rotatable bonds is 2. The Hall–Kier alpha value is -2.11. The van der Waals surface area contributed by atoms with Crippen LogP contribution in [-0.2, 0) is 11.2 Å². The smallest absolute Gasteiger partial charge is 0.408 e. The molecular weight excluding hydrogens is 277 g/mol. The molecule has 0 heterocycles. The van der Waals surface area contributed by atoms with E-state index in [9.17, 15) is 14.0 Å². The van der Waals surface area contributed by atoms with Crippen molar-refractivity contribution in [2.45, 2.75) is 45.3 Å². The van der Waals surface area contributed by atoms with Gasteiger partial charge in [0, 0.05) is 0 Å². The molecule has 1 unspecified atom stereocenters. The van der Waals surface area contributed by atoms with E-state index in [-0.39, 0.29) is 5.56 Å². The molecule has 6 heteroatoms. The molecular formula is C15H18FNO4. The molecule has 0 fully saturated rings. The van der Waals surface area contributed by atoms with Crippen molar-refractivity contribution < 1.29 is 23.8 Å². The van der Waals surface area contributed by atoms with E-state index < -0.39 is 29.5 Å². The van der Waals surface area contributed by atoms with Gasteiger partial charge in [0.15, 0.2) is 0 Å². The summed E-state index contributed by atoms with van der Waals surface area (Å²) in [7, 11) is 0. The summed E-state index contributed by atoms with van der Waals surface area (Å²) < 4.78 is 18.7. The van der Waals surface area contributed by atoms with Gasteiger partial charge in [-0.2, -0.15) is 0 Å². The Labute approximate surface area is 122 Å². The van der Waals surface area contributed by atoms with E-state index in [1.54, 1.807) is 20.8 Å². The number of ether oxygens (including phenoxy) is 1. The summed E-state index contributed by atoms with van der Waals surface area (Å²) in [6.07, 6.45) is 0.414. The van der Waals surface area contributed by atoms with Crippen molar-refractivity contribution in [2.75, 3.05) is 0 Å². The molecule has 0 aliphatic heterocycles. The quantitative estimate of drug-likeness (QED) is 0.879. The van der Waals surface area contributed by atoms with Gasteiger partial charge in [-0.15, -0.1) is 0 Å². The molecule has 1 aromatic carbocycles. The Balaban J connectivity index is 2.22. The molecule has 5 nitrogen and oxygen atoms in total. The number of alkyl carbamates (subject to hydrolysis) is 1. The normalized spacial score (nSPS) is 17.2. The third-order valence-electron chi connectivity index (χ3n) is 3.23. The molecule has 0 saturated carbocycles. The molecule has 114 valence electrons. The Kier molecular flexibility index (Phi) is 3.89. The monoisotopic (exact) mass is 295 g/mol.